The van der Waals surface area contributed by atoms with Gasteiger partial charge in [-0.1, -0.05) is 24.3 Å². The molecule has 1 unspecified atom stereocenters. The number of hydrogen-bond acceptors (Lipinski definition) is 3. The minimum Gasteiger partial charge on any atom is -0.348 e. The quantitative estimate of drug-likeness (QED) is 0.763. The number of aryl methyl sites for hydroxylation is 1. The zero-order valence-corrected chi connectivity index (χ0v) is 14.7. The first-order chi connectivity index (χ1) is 12.5. The molecule has 1 aliphatic heterocycles. The Kier molecular flexibility index (Phi) is 3.95. The molecule has 2 N–H and O–H groups in total. The van der Waals surface area contributed by atoms with Crippen molar-refractivity contribution in [1.29, 1.82) is 0 Å². The third-order valence-corrected chi connectivity index (χ3v) is 4.80. The molecule has 26 heavy (non-hydrogen) atoms. The van der Waals surface area contributed by atoms with Gasteiger partial charge in [-0.3, -0.25) is 9.59 Å². The van der Waals surface area contributed by atoms with E-state index in [0.29, 0.717) is 24.5 Å². The van der Waals surface area contributed by atoms with Crippen LogP contribution in [0.15, 0.2) is 42.5 Å². The van der Waals surface area contributed by atoms with Gasteiger partial charge >= 0.3 is 0 Å². The zero-order valence-electron chi connectivity index (χ0n) is 14.7. The summed E-state index contributed by atoms with van der Waals surface area (Å²) in [5.74, 6) is 0.193. The Labute approximate surface area is 151 Å². The maximum Gasteiger partial charge on any atom is 0.253 e. The van der Waals surface area contributed by atoms with E-state index in [4.69, 9.17) is 0 Å². The summed E-state index contributed by atoms with van der Waals surface area (Å²) < 4.78 is 0. The van der Waals surface area contributed by atoms with E-state index in [1.165, 1.54) is 0 Å². The highest BCUT2D eigenvalue weighted by Gasteiger charge is 2.33. The second-order valence-corrected chi connectivity index (χ2v) is 6.75. The Hall–Kier alpha value is -3.15. The minimum absolute atomic E-state index is 0.0442. The lowest BCUT2D eigenvalue weighted by Crippen LogP contribution is -2.43. The van der Waals surface area contributed by atoms with Gasteiger partial charge in [0.15, 0.2) is 0 Å². The van der Waals surface area contributed by atoms with Crippen molar-refractivity contribution in [2.75, 3.05) is 13.6 Å². The lowest BCUT2D eigenvalue weighted by atomic mass is 9.89. The van der Waals surface area contributed by atoms with Crippen molar-refractivity contribution < 1.29 is 9.59 Å². The normalized spacial score (nSPS) is 16.6. The highest BCUT2D eigenvalue weighted by Crippen LogP contribution is 2.27. The number of hydrogen-bond donors (Lipinski definition) is 2. The molecule has 1 aliphatic rings. The molecule has 2 amide bonds. The summed E-state index contributed by atoms with van der Waals surface area (Å²) in [7, 11) is 1.72. The Morgan fingerprint density at radius 1 is 1.31 bits per heavy atom. The Morgan fingerprint density at radius 3 is 2.96 bits per heavy atom. The van der Waals surface area contributed by atoms with E-state index in [0.717, 1.165) is 22.2 Å². The Balaban J connectivity index is 1.52. The molecule has 6 heteroatoms. The van der Waals surface area contributed by atoms with Crippen molar-refractivity contribution >= 4 is 22.8 Å². The van der Waals surface area contributed by atoms with Gasteiger partial charge in [-0.2, -0.15) is 0 Å². The summed E-state index contributed by atoms with van der Waals surface area (Å²) in [4.78, 5) is 34.4. The highest BCUT2D eigenvalue weighted by molar-refractivity contribution is 6.00. The lowest BCUT2D eigenvalue weighted by molar-refractivity contribution is -0.123. The van der Waals surface area contributed by atoms with E-state index in [-0.39, 0.29) is 17.7 Å². The average Bonchev–Trinajstić information content (AvgIpc) is 3.04. The van der Waals surface area contributed by atoms with Gasteiger partial charge in [-0.15, -0.1) is 0 Å². The van der Waals surface area contributed by atoms with Gasteiger partial charge in [-0.25, -0.2) is 4.98 Å². The monoisotopic (exact) mass is 348 g/mol. The van der Waals surface area contributed by atoms with E-state index in [1.807, 2.05) is 43.3 Å². The fourth-order valence-electron chi connectivity index (χ4n) is 3.43. The van der Waals surface area contributed by atoms with E-state index in [2.05, 4.69) is 15.3 Å². The fraction of sp³-hybridized carbons (Fsp3) is 0.250. The number of carbonyl (C=O) groups is 2. The van der Waals surface area contributed by atoms with Crippen LogP contribution in [-0.2, 0) is 11.3 Å². The van der Waals surface area contributed by atoms with Gasteiger partial charge in [-0.05, 0) is 36.2 Å². The van der Waals surface area contributed by atoms with Gasteiger partial charge in [0, 0.05) is 19.2 Å². The standard InChI is InChI=1S/C20H20N4O2/c1-12-7-8-16-17(9-12)23-18(22-16)10-21-19(25)15-11-24(2)20(26)14-6-4-3-5-13(14)15/h3-9,15H,10-11H2,1-2H3,(H,21,25)(H,22,23). The summed E-state index contributed by atoms with van der Waals surface area (Å²) in [5, 5.41) is 2.95. The SMILES string of the molecule is Cc1ccc2nc(CNC(=O)C3CN(C)C(=O)c4ccccc43)[nH]c2c1. The summed E-state index contributed by atoms with van der Waals surface area (Å²) in [6.45, 7) is 2.73. The molecule has 1 atom stereocenters. The summed E-state index contributed by atoms with van der Waals surface area (Å²) in [5.41, 5.74) is 4.38. The first-order valence-electron chi connectivity index (χ1n) is 8.60. The smallest absolute Gasteiger partial charge is 0.253 e. The van der Waals surface area contributed by atoms with Gasteiger partial charge in [0.2, 0.25) is 5.91 Å². The number of aromatic amines is 1. The molecule has 0 saturated heterocycles. The third kappa shape index (κ3) is 2.83. The van der Waals surface area contributed by atoms with Crippen molar-refractivity contribution in [3.63, 3.8) is 0 Å². The molecule has 0 aliphatic carbocycles. The van der Waals surface area contributed by atoms with E-state index >= 15 is 0 Å². The first-order valence-corrected chi connectivity index (χ1v) is 8.60. The Bertz CT molecular complexity index is 1010. The maximum atomic E-state index is 12.8. The molecule has 1 aromatic heterocycles. The number of imidazole rings is 1. The molecular weight excluding hydrogens is 328 g/mol. The highest BCUT2D eigenvalue weighted by atomic mass is 16.2. The summed E-state index contributed by atoms with van der Waals surface area (Å²) in [6, 6.07) is 13.3. The zero-order chi connectivity index (χ0) is 18.3. The van der Waals surface area contributed by atoms with Crippen LogP contribution in [0.25, 0.3) is 11.0 Å². The minimum atomic E-state index is -0.375. The molecule has 2 aromatic carbocycles. The largest absolute Gasteiger partial charge is 0.348 e. The van der Waals surface area contributed by atoms with Crippen LogP contribution in [0, 0.1) is 6.92 Å². The van der Waals surface area contributed by atoms with Crippen molar-refractivity contribution in [3.8, 4) is 0 Å². The van der Waals surface area contributed by atoms with Crippen molar-refractivity contribution in [3.05, 3.63) is 65.0 Å². The van der Waals surface area contributed by atoms with Gasteiger partial charge < -0.3 is 15.2 Å². The van der Waals surface area contributed by atoms with Crippen LogP contribution in [0.1, 0.15) is 33.2 Å². The van der Waals surface area contributed by atoms with Crippen LogP contribution in [0.2, 0.25) is 0 Å². The number of benzene rings is 2. The summed E-state index contributed by atoms with van der Waals surface area (Å²) in [6.07, 6.45) is 0. The molecular formula is C20H20N4O2. The predicted octanol–water partition coefficient (Wildman–Crippen LogP) is 2.36. The second kappa shape index (κ2) is 6.29. The van der Waals surface area contributed by atoms with E-state index < -0.39 is 0 Å². The number of nitrogens with zero attached hydrogens (tertiary/aromatic N) is 2. The van der Waals surface area contributed by atoms with E-state index in [9.17, 15) is 9.59 Å². The van der Waals surface area contributed by atoms with Crippen LogP contribution >= 0.6 is 0 Å². The number of fused-ring (bicyclic) bond motifs is 2. The molecule has 132 valence electrons. The fourth-order valence-corrected chi connectivity index (χ4v) is 3.43. The molecule has 0 bridgehead atoms. The molecule has 4 rings (SSSR count). The number of carbonyl (C=O) groups excluding carboxylic acids is 2. The van der Waals surface area contributed by atoms with Crippen LogP contribution in [0.5, 0.6) is 0 Å². The van der Waals surface area contributed by atoms with Gasteiger partial charge in [0.05, 0.1) is 23.5 Å². The molecule has 0 spiro atoms. The maximum absolute atomic E-state index is 12.8. The predicted molar refractivity (Wildman–Crippen MR) is 98.8 cm³/mol. The van der Waals surface area contributed by atoms with Crippen molar-refractivity contribution in [1.82, 2.24) is 20.2 Å². The number of rotatable bonds is 3. The van der Waals surface area contributed by atoms with Crippen molar-refractivity contribution in [2.24, 2.45) is 0 Å². The molecule has 3 aromatic rings. The number of H-pyrrole nitrogens is 1. The second-order valence-electron chi connectivity index (χ2n) is 6.75. The third-order valence-electron chi connectivity index (χ3n) is 4.80. The molecule has 2 heterocycles. The van der Waals surface area contributed by atoms with E-state index in [1.54, 1.807) is 18.0 Å². The summed E-state index contributed by atoms with van der Waals surface area (Å²) >= 11 is 0. The number of likely N-dealkylation sites (N-methyl/N-ethyl adjacent to an activating group) is 1. The molecule has 6 nitrogen and oxygen atoms in total. The number of aromatic nitrogens is 2. The van der Waals surface area contributed by atoms with Crippen molar-refractivity contribution in [2.45, 2.75) is 19.4 Å². The van der Waals surface area contributed by atoms with Crippen LogP contribution in [-0.4, -0.2) is 40.3 Å². The van der Waals surface area contributed by atoms with Crippen LogP contribution < -0.4 is 5.32 Å². The molecule has 0 saturated carbocycles. The van der Waals surface area contributed by atoms with Crippen LogP contribution in [0.4, 0.5) is 0 Å². The van der Waals surface area contributed by atoms with Gasteiger partial charge in [0.1, 0.15) is 5.82 Å². The Morgan fingerprint density at radius 2 is 2.12 bits per heavy atom. The molecule has 0 fully saturated rings. The topological polar surface area (TPSA) is 78.1 Å². The average molecular weight is 348 g/mol. The number of nitrogens with one attached hydrogen (secondary N) is 2. The first kappa shape index (κ1) is 16.3. The lowest BCUT2D eigenvalue weighted by Gasteiger charge is -2.31. The number of amides is 2. The van der Waals surface area contributed by atoms with Gasteiger partial charge in [0.25, 0.3) is 5.91 Å². The molecule has 0 radical (unpaired) electrons. The van der Waals surface area contributed by atoms with Crippen LogP contribution in [0.3, 0.4) is 0 Å².